The van der Waals surface area contributed by atoms with Gasteiger partial charge >= 0.3 is 6.09 Å². The van der Waals surface area contributed by atoms with Crippen molar-refractivity contribution in [1.29, 1.82) is 0 Å². The molecule has 0 heterocycles. The van der Waals surface area contributed by atoms with Gasteiger partial charge in [-0.1, -0.05) is 49.2 Å². The monoisotopic (exact) mass is 422 g/mol. The molecule has 2 N–H and O–H groups in total. The van der Waals surface area contributed by atoms with Gasteiger partial charge in [0.25, 0.3) is 0 Å². The predicted octanol–water partition coefficient (Wildman–Crippen LogP) is 4.96. The first-order valence-electron chi connectivity index (χ1n) is 10.8. The first-order chi connectivity index (χ1) is 14.8. The van der Waals surface area contributed by atoms with E-state index in [2.05, 4.69) is 10.6 Å². The van der Waals surface area contributed by atoms with Gasteiger partial charge in [0.2, 0.25) is 0 Å². The minimum Gasteiger partial charge on any atom is -0.444 e. The van der Waals surface area contributed by atoms with Crippen molar-refractivity contribution in [2.75, 3.05) is 18.4 Å². The number of unbranched alkanes of at least 4 members (excludes halogenated alkanes) is 3. The van der Waals surface area contributed by atoms with E-state index < -0.39 is 5.60 Å². The van der Waals surface area contributed by atoms with Crippen molar-refractivity contribution in [2.24, 2.45) is 0 Å². The van der Waals surface area contributed by atoms with Crippen LogP contribution in [0.2, 0.25) is 0 Å². The number of benzene rings is 2. The summed E-state index contributed by atoms with van der Waals surface area (Å²) in [7, 11) is 0. The van der Waals surface area contributed by atoms with Crippen LogP contribution in [0, 0.1) is 0 Å². The van der Waals surface area contributed by atoms with Crippen LogP contribution >= 0.6 is 0 Å². The lowest BCUT2D eigenvalue weighted by atomic mass is 9.83. The highest BCUT2D eigenvalue weighted by molar-refractivity contribution is 6.30. The number of carbonyl (C=O) groups excluding carboxylic acids is 3. The van der Waals surface area contributed by atoms with Crippen LogP contribution in [0.4, 0.5) is 10.5 Å². The van der Waals surface area contributed by atoms with Crippen LogP contribution in [0.5, 0.6) is 0 Å². The molecular weight excluding hydrogens is 392 g/mol. The van der Waals surface area contributed by atoms with E-state index in [-0.39, 0.29) is 17.7 Å². The molecule has 0 radical (unpaired) electrons. The first kappa shape index (κ1) is 22.5. The van der Waals surface area contributed by atoms with Crippen LogP contribution in [0.1, 0.15) is 78.3 Å². The molecule has 0 spiro atoms. The second kappa shape index (κ2) is 9.77. The second-order valence-electron chi connectivity index (χ2n) is 8.70. The Kier molecular flexibility index (Phi) is 7.10. The summed E-state index contributed by atoms with van der Waals surface area (Å²) >= 11 is 0. The summed E-state index contributed by atoms with van der Waals surface area (Å²) in [6, 6.07) is 12.3. The van der Waals surface area contributed by atoms with Gasteiger partial charge in [0.1, 0.15) is 5.60 Å². The molecule has 1 aliphatic carbocycles. The fourth-order valence-electron chi connectivity index (χ4n) is 3.62. The SMILES string of the molecule is CC(C)(C)OC(=O)NCCCCCCNc1cccc2c1C(=O)c1ccccc1C2=O. The number of nitrogens with one attached hydrogen (secondary N) is 2. The van der Waals surface area contributed by atoms with Gasteiger partial charge in [0.05, 0.1) is 5.56 Å². The lowest BCUT2D eigenvalue weighted by Crippen LogP contribution is -2.32. The number of hydrogen-bond donors (Lipinski definition) is 2. The second-order valence-corrected chi connectivity index (χ2v) is 8.70. The zero-order valence-corrected chi connectivity index (χ0v) is 18.4. The molecule has 0 aliphatic heterocycles. The molecule has 164 valence electrons. The molecular formula is C25H30N2O4. The fourth-order valence-corrected chi connectivity index (χ4v) is 3.62. The Bertz CT molecular complexity index is 976. The van der Waals surface area contributed by atoms with Gasteiger partial charge in [-0.2, -0.15) is 0 Å². The number of rotatable bonds is 8. The van der Waals surface area contributed by atoms with E-state index >= 15 is 0 Å². The molecule has 0 saturated carbocycles. The van der Waals surface area contributed by atoms with Crippen molar-refractivity contribution < 1.29 is 19.1 Å². The zero-order valence-electron chi connectivity index (χ0n) is 18.4. The van der Waals surface area contributed by atoms with Crippen LogP contribution in [0.15, 0.2) is 42.5 Å². The standard InChI is InChI=1S/C25H30N2O4/c1-25(2,3)31-24(30)27-16-9-5-4-8-15-26-20-14-10-13-19-21(20)23(29)18-12-7-6-11-17(18)22(19)28/h6-7,10-14,26H,4-5,8-9,15-16H2,1-3H3,(H,27,30). The van der Waals surface area contributed by atoms with Crippen LogP contribution in [-0.2, 0) is 4.74 Å². The summed E-state index contributed by atoms with van der Waals surface area (Å²) < 4.78 is 5.20. The molecule has 0 unspecified atom stereocenters. The van der Waals surface area contributed by atoms with Crippen molar-refractivity contribution in [1.82, 2.24) is 5.32 Å². The normalized spacial score (nSPS) is 12.7. The number of carbonyl (C=O) groups is 3. The maximum Gasteiger partial charge on any atom is 0.407 e. The fraction of sp³-hybridized carbons (Fsp3) is 0.400. The average Bonchev–Trinajstić information content (AvgIpc) is 2.72. The molecule has 2 aromatic carbocycles. The number of fused-ring (bicyclic) bond motifs is 2. The van der Waals surface area contributed by atoms with E-state index in [4.69, 9.17) is 4.74 Å². The molecule has 0 bridgehead atoms. The summed E-state index contributed by atoms with van der Waals surface area (Å²) in [4.78, 5) is 37.4. The Morgan fingerprint density at radius 2 is 1.42 bits per heavy atom. The number of alkyl carbamates (subject to hydrolysis) is 1. The Hall–Kier alpha value is -3.15. The van der Waals surface area contributed by atoms with Gasteiger partial charge in [-0.3, -0.25) is 9.59 Å². The van der Waals surface area contributed by atoms with Gasteiger partial charge in [-0.05, 0) is 39.7 Å². The van der Waals surface area contributed by atoms with Crippen LogP contribution < -0.4 is 10.6 Å². The van der Waals surface area contributed by atoms with Crippen molar-refractivity contribution >= 4 is 23.3 Å². The molecule has 0 aromatic heterocycles. The molecule has 6 heteroatoms. The Balaban J connectivity index is 1.45. The van der Waals surface area contributed by atoms with Gasteiger partial charge in [0, 0.05) is 35.5 Å². The van der Waals surface area contributed by atoms with Crippen LogP contribution in [0.3, 0.4) is 0 Å². The number of hydrogen-bond acceptors (Lipinski definition) is 5. The summed E-state index contributed by atoms with van der Waals surface area (Å²) in [6.45, 7) is 6.81. The summed E-state index contributed by atoms with van der Waals surface area (Å²) in [5.41, 5.74) is 2.08. The Labute approximate surface area is 183 Å². The molecule has 0 saturated heterocycles. The van der Waals surface area contributed by atoms with Crippen molar-refractivity contribution in [3.63, 3.8) is 0 Å². The van der Waals surface area contributed by atoms with Crippen molar-refractivity contribution in [2.45, 2.75) is 52.1 Å². The maximum atomic E-state index is 13.0. The molecule has 6 nitrogen and oxygen atoms in total. The summed E-state index contributed by atoms with van der Waals surface area (Å²) in [5, 5.41) is 6.09. The van der Waals surface area contributed by atoms with Crippen LogP contribution in [-0.4, -0.2) is 36.4 Å². The van der Waals surface area contributed by atoms with E-state index in [1.165, 1.54) is 0 Å². The highest BCUT2D eigenvalue weighted by Crippen LogP contribution is 2.31. The summed E-state index contributed by atoms with van der Waals surface area (Å²) in [6.07, 6.45) is 3.39. The van der Waals surface area contributed by atoms with Gasteiger partial charge in [-0.15, -0.1) is 0 Å². The third-order valence-corrected chi connectivity index (χ3v) is 5.04. The highest BCUT2D eigenvalue weighted by atomic mass is 16.6. The third-order valence-electron chi connectivity index (χ3n) is 5.04. The van der Waals surface area contributed by atoms with E-state index in [0.29, 0.717) is 41.0 Å². The molecule has 3 rings (SSSR count). The quantitative estimate of drug-likeness (QED) is 0.501. The van der Waals surface area contributed by atoms with Crippen LogP contribution in [0.25, 0.3) is 0 Å². The minimum atomic E-state index is -0.486. The molecule has 0 atom stereocenters. The molecule has 2 aromatic rings. The van der Waals surface area contributed by atoms with Gasteiger partial charge in [0.15, 0.2) is 11.6 Å². The lowest BCUT2D eigenvalue weighted by Gasteiger charge is -2.20. The number of ether oxygens (including phenoxy) is 1. The Morgan fingerprint density at radius 1 is 0.806 bits per heavy atom. The smallest absolute Gasteiger partial charge is 0.407 e. The number of anilines is 1. The van der Waals surface area contributed by atoms with E-state index in [1.54, 1.807) is 30.3 Å². The van der Waals surface area contributed by atoms with E-state index in [0.717, 1.165) is 25.7 Å². The van der Waals surface area contributed by atoms with E-state index in [1.807, 2.05) is 32.9 Å². The summed E-state index contributed by atoms with van der Waals surface area (Å²) in [5.74, 6) is -0.215. The Morgan fingerprint density at radius 3 is 2.10 bits per heavy atom. The van der Waals surface area contributed by atoms with Gasteiger partial charge < -0.3 is 15.4 Å². The third kappa shape index (κ3) is 5.72. The molecule has 1 amide bonds. The minimum absolute atomic E-state index is 0.105. The van der Waals surface area contributed by atoms with Crippen molar-refractivity contribution in [3.05, 3.63) is 64.7 Å². The average molecular weight is 423 g/mol. The number of amides is 1. The largest absolute Gasteiger partial charge is 0.444 e. The maximum absolute atomic E-state index is 13.0. The zero-order chi connectivity index (χ0) is 22.4. The lowest BCUT2D eigenvalue weighted by molar-refractivity contribution is 0.0526. The molecule has 31 heavy (non-hydrogen) atoms. The van der Waals surface area contributed by atoms with Gasteiger partial charge in [-0.25, -0.2) is 4.79 Å². The molecule has 0 fully saturated rings. The molecule has 1 aliphatic rings. The first-order valence-corrected chi connectivity index (χ1v) is 10.8. The van der Waals surface area contributed by atoms with E-state index in [9.17, 15) is 14.4 Å². The highest BCUT2D eigenvalue weighted by Gasteiger charge is 2.31. The van der Waals surface area contributed by atoms with Crippen molar-refractivity contribution in [3.8, 4) is 0 Å². The number of ketones is 2. The topological polar surface area (TPSA) is 84.5 Å². The predicted molar refractivity (Wildman–Crippen MR) is 121 cm³/mol.